The molecule has 1 N–H and O–H groups in total. The quantitative estimate of drug-likeness (QED) is 0.888. The topological polar surface area (TPSA) is 47.0 Å². The van der Waals surface area contributed by atoms with E-state index in [2.05, 4.69) is 29.4 Å². The first-order valence-electron chi connectivity index (χ1n) is 6.20. The second-order valence-electron chi connectivity index (χ2n) is 4.69. The number of nitrogens with one attached hydrogen (secondary N) is 1. The van der Waals surface area contributed by atoms with Gasteiger partial charge in [-0.3, -0.25) is 0 Å². The standard InChI is InChI=1S/C13H15F2N3OS/c1-8(2)6-16-7-12-17-18-13(20-12)19-11-4-9(14)3-10(15)5-11/h3-5,8,16H,6-7H2,1-2H3. The van der Waals surface area contributed by atoms with Crippen LogP contribution in [0.15, 0.2) is 18.2 Å². The molecule has 0 bridgehead atoms. The molecule has 0 amide bonds. The van der Waals surface area contributed by atoms with Crippen molar-refractivity contribution in [2.24, 2.45) is 5.92 Å². The van der Waals surface area contributed by atoms with E-state index >= 15 is 0 Å². The van der Waals surface area contributed by atoms with E-state index in [0.29, 0.717) is 12.5 Å². The Morgan fingerprint density at radius 3 is 2.55 bits per heavy atom. The summed E-state index contributed by atoms with van der Waals surface area (Å²) >= 11 is 1.24. The molecule has 0 spiro atoms. The van der Waals surface area contributed by atoms with Gasteiger partial charge in [-0.1, -0.05) is 30.3 Å². The molecule has 108 valence electrons. The lowest BCUT2D eigenvalue weighted by atomic mass is 10.2. The molecule has 20 heavy (non-hydrogen) atoms. The molecule has 0 aliphatic carbocycles. The van der Waals surface area contributed by atoms with Crippen LogP contribution in [0.25, 0.3) is 0 Å². The van der Waals surface area contributed by atoms with Gasteiger partial charge in [-0.25, -0.2) is 8.78 Å². The first kappa shape index (κ1) is 14.8. The minimum atomic E-state index is -0.691. The van der Waals surface area contributed by atoms with E-state index in [1.165, 1.54) is 11.3 Å². The predicted molar refractivity (Wildman–Crippen MR) is 72.9 cm³/mol. The van der Waals surface area contributed by atoms with Crippen LogP contribution in [0.1, 0.15) is 18.9 Å². The van der Waals surface area contributed by atoms with Crippen LogP contribution in [0.3, 0.4) is 0 Å². The molecular weight excluding hydrogens is 284 g/mol. The molecule has 1 aromatic carbocycles. The average molecular weight is 299 g/mol. The molecule has 0 saturated heterocycles. The zero-order valence-corrected chi connectivity index (χ0v) is 12.0. The summed E-state index contributed by atoms with van der Waals surface area (Å²) in [6, 6.07) is 2.98. The Bertz CT molecular complexity index is 554. The van der Waals surface area contributed by atoms with E-state index in [-0.39, 0.29) is 10.9 Å². The van der Waals surface area contributed by atoms with Crippen molar-refractivity contribution < 1.29 is 13.5 Å². The molecule has 0 radical (unpaired) electrons. The maximum Gasteiger partial charge on any atom is 0.299 e. The summed E-state index contributed by atoms with van der Waals surface area (Å²) in [6.45, 7) is 5.70. The van der Waals surface area contributed by atoms with Crippen molar-refractivity contribution in [1.29, 1.82) is 0 Å². The van der Waals surface area contributed by atoms with Crippen LogP contribution in [0, 0.1) is 17.6 Å². The summed E-state index contributed by atoms with van der Waals surface area (Å²) in [5, 5.41) is 12.0. The number of benzene rings is 1. The van der Waals surface area contributed by atoms with Crippen LogP contribution in [-0.4, -0.2) is 16.7 Å². The maximum atomic E-state index is 13.0. The number of hydrogen-bond donors (Lipinski definition) is 1. The number of hydrogen-bond acceptors (Lipinski definition) is 5. The van der Waals surface area contributed by atoms with E-state index in [1.54, 1.807) is 0 Å². The molecule has 0 aliphatic rings. The van der Waals surface area contributed by atoms with Gasteiger partial charge in [0, 0.05) is 24.7 Å². The van der Waals surface area contributed by atoms with Gasteiger partial charge in [0.25, 0.3) is 5.19 Å². The van der Waals surface area contributed by atoms with Gasteiger partial charge in [-0.05, 0) is 12.5 Å². The Morgan fingerprint density at radius 1 is 1.20 bits per heavy atom. The minimum Gasteiger partial charge on any atom is -0.430 e. The van der Waals surface area contributed by atoms with E-state index < -0.39 is 11.6 Å². The van der Waals surface area contributed by atoms with Gasteiger partial charge < -0.3 is 10.1 Å². The number of rotatable bonds is 6. The molecule has 2 aromatic rings. The van der Waals surface area contributed by atoms with Gasteiger partial charge in [0.2, 0.25) is 0 Å². The fraction of sp³-hybridized carbons (Fsp3) is 0.385. The van der Waals surface area contributed by atoms with Crippen molar-refractivity contribution >= 4 is 11.3 Å². The zero-order chi connectivity index (χ0) is 14.5. The van der Waals surface area contributed by atoms with Gasteiger partial charge in [0.1, 0.15) is 22.4 Å². The molecule has 1 aromatic heterocycles. The van der Waals surface area contributed by atoms with E-state index in [9.17, 15) is 8.78 Å². The highest BCUT2D eigenvalue weighted by Crippen LogP contribution is 2.26. The van der Waals surface area contributed by atoms with Gasteiger partial charge in [0.05, 0.1) is 0 Å². The third-order valence-electron chi connectivity index (χ3n) is 2.32. The lowest BCUT2D eigenvalue weighted by Gasteiger charge is -2.04. The Balaban J connectivity index is 1.95. The highest BCUT2D eigenvalue weighted by Gasteiger charge is 2.08. The van der Waals surface area contributed by atoms with Gasteiger partial charge in [0.15, 0.2) is 0 Å². The number of ether oxygens (including phenoxy) is 1. The number of halogens is 2. The number of aromatic nitrogens is 2. The summed E-state index contributed by atoms with van der Waals surface area (Å²) in [4.78, 5) is 0. The SMILES string of the molecule is CC(C)CNCc1nnc(Oc2cc(F)cc(F)c2)s1. The average Bonchev–Trinajstić information content (AvgIpc) is 2.74. The third-order valence-corrected chi connectivity index (χ3v) is 3.12. The molecule has 0 unspecified atom stereocenters. The van der Waals surface area contributed by atoms with E-state index in [4.69, 9.17) is 4.74 Å². The highest BCUT2D eigenvalue weighted by atomic mass is 32.1. The number of nitrogens with zero attached hydrogens (tertiary/aromatic N) is 2. The summed E-state index contributed by atoms with van der Waals surface area (Å²) in [7, 11) is 0. The predicted octanol–water partition coefficient (Wildman–Crippen LogP) is 3.35. The second kappa shape index (κ2) is 6.71. The van der Waals surface area contributed by atoms with Crippen molar-refractivity contribution in [3.63, 3.8) is 0 Å². The van der Waals surface area contributed by atoms with Crippen LogP contribution in [0.4, 0.5) is 8.78 Å². The molecular formula is C13H15F2N3OS. The monoisotopic (exact) mass is 299 g/mol. The lowest BCUT2D eigenvalue weighted by Crippen LogP contribution is -2.18. The van der Waals surface area contributed by atoms with Crippen LogP contribution in [0.5, 0.6) is 10.9 Å². The van der Waals surface area contributed by atoms with Crippen molar-refractivity contribution in [1.82, 2.24) is 15.5 Å². The molecule has 0 saturated carbocycles. The Hall–Kier alpha value is -1.60. The molecule has 1 heterocycles. The Kier molecular flexibility index (Phi) is 4.97. The van der Waals surface area contributed by atoms with Gasteiger partial charge >= 0.3 is 0 Å². The maximum absolute atomic E-state index is 13.0. The summed E-state index contributed by atoms with van der Waals surface area (Å²) in [5.41, 5.74) is 0. The molecule has 4 nitrogen and oxygen atoms in total. The van der Waals surface area contributed by atoms with Gasteiger partial charge in [-0.2, -0.15) is 0 Å². The lowest BCUT2D eigenvalue weighted by molar-refractivity contribution is 0.460. The Labute approximate surface area is 119 Å². The van der Waals surface area contributed by atoms with Crippen LogP contribution in [0.2, 0.25) is 0 Å². The molecule has 0 atom stereocenters. The zero-order valence-electron chi connectivity index (χ0n) is 11.2. The normalized spacial score (nSPS) is 11.1. The molecule has 2 rings (SSSR count). The molecule has 0 fully saturated rings. The summed E-state index contributed by atoms with van der Waals surface area (Å²) < 4.78 is 31.3. The summed E-state index contributed by atoms with van der Waals surface area (Å²) in [5.74, 6) is -0.763. The largest absolute Gasteiger partial charge is 0.430 e. The van der Waals surface area contributed by atoms with Crippen LogP contribution >= 0.6 is 11.3 Å². The van der Waals surface area contributed by atoms with E-state index in [0.717, 1.165) is 29.8 Å². The van der Waals surface area contributed by atoms with Crippen molar-refractivity contribution in [2.45, 2.75) is 20.4 Å². The second-order valence-corrected chi connectivity index (χ2v) is 5.72. The van der Waals surface area contributed by atoms with Crippen molar-refractivity contribution in [3.05, 3.63) is 34.8 Å². The fourth-order valence-electron chi connectivity index (χ4n) is 1.51. The first-order valence-corrected chi connectivity index (χ1v) is 7.01. The smallest absolute Gasteiger partial charge is 0.299 e. The van der Waals surface area contributed by atoms with Crippen LogP contribution in [-0.2, 0) is 6.54 Å². The summed E-state index contributed by atoms with van der Waals surface area (Å²) in [6.07, 6.45) is 0. The Morgan fingerprint density at radius 2 is 1.90 bits per heavy atom. The van der Waals surface area contributed by atoms with E-state index in [1.807, 2.05) is 0 Å². The fourth-order valence-corrected chi connectivity index (χ4v) is 2.18. The van der Waals surface area contributed by atoms with Crippen LogP contribution < -0.4 is 10.1 Å². The highest BCUT2D eigenvalue weighted by molar-refractivity contribution is 7.13. The first-order chi connectivity index (χ1) is 9.52. The molecule has 0 aliphatic heterocycles. The third kappa shape index (κ3) is 4.50. The molecule has 7 heteroatoms. The van der Waals surface area contributed by atoms with Gasteiger partial charge in [-0.15, -0.1) is 5.10 Å². The minimum absolute atomic E-state index is 0.0698. The van der Waals surface area contributed by atoms with Crippen molar-refractivity contribution in [2.75, 3.05) is 6.54 Å². The van der Waals surface area contributed by atoms with Crippen molar-refractivity contribution in [3.8, 4) is 10.9 Å².